The van der Waals surface area contributed by atoms with Crippen LogP contribution < -0.4 is 10.2 Å². The number of benzene rings is 2. The van der Waals surface area contributed by atoms with E-state index in [1.165, 1.54) is 0 Å². The molecule has 0 unspecified atom stereocenters. The van der Waals surface area contributed by atoms with Crippen LogP contribution in [-0.4, -0.2) is 29.2 Å². The minimum atomic E-state index is -0.501. The minimum absolute atomic E-state index is 0.169. The maximum atomic E-state index is 12.9. The highest BCUT2D eigenvalue weighted by molar-refractivity contribution is 5.94. The zero-order valence-corrected chi connectivity index (χ0v) is 16.2. The van der Waals surface area contributed by atoms with Crippen molar-refractivity contribution in [1.29, 1.82) is 0 Å². The van der Waals surface area contributed by atoms with Gasteiger partial charge < -0.3 is 14.6 Å². The summed E-state index contributed by atoms with van der Waals surface area (Å²) >= 11 is 0. The fraction of sp³-hybridized carbons (Fsp3) is 0.318. The number of aryl methyl sites for hydroxylation is 2. The Bertz CT molecular complexity index is 962. The Kier molecular flexibility index (Phi) is 5.10. The maximum Gasteiger partial charge on any atom is 0.318 e. The van der Waals surface area contributed by atoms with E-state index in [9.17, 15) is 4.79 Å². The van der Waals surface area contributed by atoms with Gasteiger partial charge in [0.25, 0.3) is 5.91 Å². The van der Waals surface area contributed by atoms with Crippen LogP contribution in [-0.2, 0) is 0 Å². The Balaban J connectivity index is 1.62. The van der Waals surface area contributed by atoms with Crippen molar-refractivity contribution in [2.75, 3.05) is 18.0 Å². The molecule has 1 atom stereocenters. The first-order valence-corrected chi connectivity index (χ1v) is 9.63. The second-order valence-corrected chi connectivity index (χ2v) is 7.23. The molecule has 2 heterocycles. The third-order valence-electron chi connectivity index (χ3n) is 5.23. The first-order valence-electron chi connectivity index (χ1n) is 9.63. The van der Waals surface area contributed by atoms with Gasteiger partial charge in [-0.2, -0.15) is 0 Å². The van der Waals surface area contributed by atoms with Crippen LogP contribution in [0, 0.1) is 13.8 Å². The maximum absolute atomic E-state index is 12.9. The molecule has 1 aliphatic rings. The van der Waals surface area contributed by atoms with Gasteiger partial charge in [0.15, 0.2) is 0 Å². The van der Waals surface area contributed by atoms with Gasteiger partial charge in [-0.1, -0.05) is 41.5 Å². The Morgan fingerprint density at radius 1 is 1.04 bits per heavy atom. The molecule has 6 heteroatoms. The molecule has 1 saturated heterocycles. The highest BCUT2D eigenvalue weighted by Crippen LogP contribution is 2.26. The number of aromatic nitrogens is 2. The SMILES string of the molecule is Cc1ccc(C(=O)N[C@H](c2ccccc2)c2nnc(N3CCCC3)o2)cc1C. The second kappa shape index (κ2) is 7.84. The van der Waals surface area contributed by atoms with E-state index in [0.717, 1.165) is 42.6 Å². The fourth-order valence-electron chi connectivity index (χ4n) is 3.41. The van der Waals surface area contributed by atoms with Crippen molar-refractivity contribution in [2.45, 2.75) is 32.7 Å². The van der Waals surface area contributed by atoms with E-state index >= 15 is 0 Å². The number of carbonyl (C=O) groups excluding carboxylic acids is 1. The molecule has 0 aliphatic carbocycles. The van der Waals surface area contributed by atoms with Crippen LogP contribution in [0.4, 0.5) is 6.01 Å². The molecule has 0 spiro atoms. The summed E-state index contributed by atoms with van der Waals surface area (Å²) in [4.78, 5) is 15.0. The van der Waals surface area contributed by atoms with Gasteiger partial charge in [-0.15, -0.1) is 5.10 Å². The number of hydrogen-bond donors (Lipinski definition) is 1. The number of amides is 1. The number of anilines is 1. The van der Waals surface area contributed by atoms with Crippen molar-refractivity contribution >= 4 is 11.9 Å². The van der Waals surface area contributed by atoms with Crippen LogP contribution in [0.1, 0.15) is 51.8 Å². The molecule has 2 aromatic carbocycles. The van der Waals surface area contributed by atoms with Gasteiger partial charge in [0.2, 0.25) is 5.89 Å². The summed E-state index contributed by atoms with van der Waals surface area (Å²) in [5.74, 6) is 0.225. The number of carbonyl (C=O) groups is 1. The van der Waals surface area contributed by atoms with Crippen molar-refractivity contribution in [3.8, 4) is 0 Å². The third-order valence-corrected chi connectivity index (χ3v) is 5.23. The molecule has 0 bridgehead atoms. The molecule has 6 nitrogen and oxygen atoms in total. The predicted molar refractivity (Wildman–Crippen MR) is 107 cm³/mol. The van der Waals surface area contributed by atoms with Crippen LogP contribution in [0.15, 0.2) is 52.9 Å². The first kappa shape index (κ1) is 18.2. The van der Waals surface area contributed by atoms with Gasteiger partial charge in [-0.3, -0.25) is 4.79 Å². The number of nitrogens with one attached hydrogen (secondary N) is 1. The van der Waals surface area contributed by atoms with E-state index in [1.807, 2.05) is 62.4 Å². The fourth-order valence-corrected chi connectivity index (χ4v) is 3.41. The molecule has 1 amide bonds. The molecule has 1 fully saturated rings. The molecule has 1 aliphatic heterocycles. The van der Waals surface area contributed by atoms with Crippen LogP contribution in [0.2, 0.25) is 0 Å². The van der Waals surface area contributed by atoms with Gasteiger partial charge in [0.05, 0.1) is 0 Å². The minimum Gasteiger partial charge on any atom is -0.405 e. The molecule has 4 rings (SSSR count). The van der Waals surface area contributed by atoms with Crippen molar-refractivity contribution in [2.24, 2.45) is 0 Å². The van der Waals surface area contributed by atoms with Crippen molar-refractivity contribution in [3.63, 3.8) is 0 Å². The summed E-state index contributed by atoms with van der Waals surface area (Å²) in [7, 11) is 0. The molecule has 1 aromatic heterocycles. The predicted octanol–water partition coefficient (Wildman–Crippen LogP) is 3.81. The smallest absolute Gasteiger partial charge is 0.318 e. The summed E-state index contributed by atoms with van der Waals surface area (Å²) in [6.07, 6.45) is 2.26. The molecular formula is C22H24N4O2. The van der Waals surface area contributed by atoms with E-state index in [2.05, 4.69) is 20.4 Å². The molecule has 28 heavy (non-hydrogen) atoms. The quantitative estimate of drug-likeness (QED) is 0.733. The second-order valence-electron chi connectivity index (χ2n) is 7.23. The van der Waals surface area contributed by atoms with Gasteiger partial charge >= 0.3 is 6.01 Å². The summed E-state index contributed by atoms with van der Waals surface area (Å²) < 4.78 is 5.95. The summed E-state index contributed by atoms with van der Waals surface area (Å²) in [6.45, 7) is 5.88. The highest BCUT2D eigenvalue weighted by Gasteiger charge is 2.26. The van der Waals surface area contributed by atoms with Gasteiger partial charge in [0, 0.05) is 18.7 Å². The summed E-state index contributed by atoms with van der Waals surface area (Å²) in [5, 5.41) is 11.5. The Hall–Kier alpha value is -3.15. The Labute approximate surface area is 164 Å². The van der Waals surface area contributed by atoms with Gasteiger partial charge in [-0.25, -0.2) is 0 Å². The first-order chi connectivity index (χ1) is 13.6. The van der Waals surface area contributed by atoms with Gasteiger partial charge in [0.1, 0.15) is 6.04 Å². The molecule has 0 saturated carbocycles. The molecule has 1 N–H and O–H groups in total. The normalized spacial score (nSPS) is 14.9. The lowest BCUT2D eigenvalue weighted by molar-refractivity contribution is 0.0938. The summed E-state index contributed by atoms with van der Waals surface area (Å²) in [6, 6.07) is 15.4. The average Bonchev–Trinajstić information content (AvgIpc) is 3.40. The monoisotopic (exact) mass is 376 g/mol. The molecule has 0 radical (unpaired) electrons. The number of hydrogen-bond acceptors (Lipinski definition) is 5. The Morgan fingerprint density at radius 2 is 1.79 bits per heavy atom. The van der Waals surface area contributed by atoms with E-state index in [0.29, 0.717) is 17.5 Å². The highest BCUT2D eigenvalue weighted by atomic mass is 16.4. The van der Waals surface area contributed by atoms with E-state index < -0.39 is 6.04 Å². The third kappa shape index (κ3) is 3.76. The number of rotatable bonds is 5. The van der Waals surface area contributed by atoms with Crippen LogP contribution >= 0.6 is 0 Å². The number of nitrogens with zero attached hydrogens (tertiary/aromatic N) is 3. The van der Waals surface area contributed by atoms with Crippen LogP contribution in [0.5, 0.6) is 0 Å². The van der Waals surface area contributed by atoms with E-state index in [1.54, 1.807) is 0 Å². The van der Waals surface area contributed by atoms with Crippen molar-refractivity contribution in [1.82, 2.24) is 15.5 Å². The molecular weight excluding hydrogens is 352 g/mol. The zero-order valence-electron chi connectivity index (χ0n) is 16.2. The summed E-state index contributed by atoms with van der Waals surface area (Å²) in [5.41, 5.74) is 3.75. The molecule has 144 valence electrons. The average molecular weight is 376 g/mol. The topological polar surface area (TPSA) is 71.3 Å². The van der Waals surface area contributed by atoms with Crippen LogP contribution in [0.25, 0.3) is 0 Å². The zero-order chi connectivity index (χ0) is 19.5. The van der Waals surface area contributed by atoms with Gasteiger partial charge in [-0.05, 0) is 55.5 Å². The van der Waals surface area contributed by atoms with Crippen molar-refractivity contribution in [3.05, 3.63) is 76.7 Å². The van der Waals surface area contributed by atoms with E-state index in [-0.39, 0.29) is 5.91 Å². The lowest BCUT2D eigenvalue weighted by Gasteiger charge is -2.17. The van der Waals surface area contributed by atoms with E-state index in [4.69, 9.17) is 4.42 Å². The molecule has 3 aromatic rings. The largest absolute Gasteiger partial charge is 0.405 e. The Morgan fingerprint density at radius 3 is 2.50 bits per heavy atom. The lowest BCUT2D eigenvalue weighted by Crippen LogP contribution is -2.29. The standard InChI is InChI=1S/C22H24N4O2/c1-15-10-11-18(14-16(15)2)20(27)23-19(17-8-4-3-5-9-17)21-24-25-22(28-21)26-12-6-7-13-26/h3-5,8-11,14,19H,6-7,12-13H2,1-2H3,(H,23,27)/t19-/m1/s1. The van der Waals surface area contributed by atoms with Crippen molar-refractivity contribution < 1.29 is 9.21 Å². The lowest BCUT2D eigenvalue weighted by atomic mass is 10.0. The van der Waals surface area contributed by atoms with Crippen LogP contribution in [0.3, 0.4) is 0 Å².